The molecule has 0 aliphatic heterocycles. The molecule has 0 heterocycles. The highest BCUT2D eigenvalue weighted by Gasteiger charge is 2.14. The minimum atomic E-state index is -0.632. The number of ether oxygens (including phenoxy) is 3. The molecule has 0 radical (unpaired) electrons. The van der Waals surface area contributed by atoms with E-state index in [2.05, 4.69) is 15.4 Å². The van der Waals surface area contributed by atoms with E-state index in [0.717, 1.165) is 0 Å². The first-order chi connectivity index (χ1) is 18.3. The lowest BCUT2D eigenvalue weighted by atomic mass is 10.1. The highest BCUT2D eigenvalue weighted by Crippen LogP contribution is 2.30. The number of para-hydroxylation sites is 1. The molecule has 10 heteroatoms. The summed E-state index contributed by atoms with van der Waals surface area (Å²) < 4.78 is 15.9. The first-order valence-electron chi connectivity index (χ1n) is 11.4. The molecule has 0 saturated heterocycles. The standard InChI is InChI=1S/C28H24ClN3O6/c1-3-37-25-15-18(8-13-24(25)38-17-26(33)32-23-7-5-4-6-22(23)29)14-20(16-30)27(34)31-21-11-9-19(10-12-21)28(35)36-2/h4-15H,3,17H2,1-2H3,(H,31,34)(H,32,33)/b20-14-. The second-order valence-electron chi connectivity index (χ2n) is 7.65. The Balaban J connectivity index is 1.70. The van der Waals surface area contributed by atoms with Crippen LogP contribution in [-0.4, -0.2) is 38.1 Å². The van der Waals surface area contributed by atoms with Crippen molar-refractivity contribution in [2.45, 2.75) is 6.92 Å². The van der Waals surface area contributed by atoms with Gasteiger partial charge in [0.1, 0.15) is 11.6 Å². The minimum absolute atomic E-state index is 0.155. The second kappa shape index (κ2) is 13.5. The summed E-state index contributed by atoms with van der Waals surface area (Å²) in [5.74, 6) is -0.894. The fourth-order valence-electron chi connectivity index (χ4n) is 3.22. The predicted octanol–water partition coefficient (Wildman–Crippen LogP) is 5.09. The number of nitriles is 1. The van der Waals surface area contributed by atoms with Crippen LogP contribution in [0.1, 0.15) is 22.8 Å². The second-order valence-corrected chi connectivity index (χ2v) is 8.06. The van der Waals surface area contributed by atoms with Crippen molar-refractivity contribution in [2.24, 2.45) is 0 Å². The molecule has 3 aromatic rings. The largest absolute Gasteiger partial charge is 0.490 e. The monoisotopic (exact) mass is 533 g/mol. The number of hydrogen-bond acceptors (Lipinski definition) is 7. The molecular formula is C28H24ClN3O6. The molecule has 0 aromatic heterocycles. The number of carbonyl (C=O) groups excluding carboxylic acids is 3. The van der Waals surface area contributed by atoms with Crippen LogP contribution in [0.4, 0.5) is 11.4 Å². The molecule has 9 nitrogen and oxygen atoms in total. The van der Waals surface area contributed by atoms with Crippen molar-refractivity contribution >= 4 is 46.8 Å². The molecular weight excluding hydrogens is 510 g/mol. The summed E-state index contributed by atoms with van der Waals surface area (Å²) in [5, 5.41) is 15.2. The van der Waals surface area contributed by atoms with Crippen molar-refractivity contribution in [3.63, 3.8) is 0 Å². The molecule has 0 aliphatic rings. The molecule has 38 heavy (non-hydrogen) atoms. The lowest BCUT2D eigenvalue weighted by Crippen LogP contribution is -2.20. The molecule has 0 unspecified atom stereocenters. The van der Waals surface area contributed by atoms with Gasteiger partial charge in [0.15, 0.2) is 18.1 Å². The number of rotatable bonds is 10. The van der Waals surface area contributed by atoms with E-state index in [0.29, 0.717) is 45.6 Å². The Morgan fingerprint density at radius 1 is 0.974 bits per heavy atom. The maximum absolute atomic E-state index is 12.6. The van der Waals surface area contributed by atoms with Gasteiger partial charge in [-0.25, -0.2) is 4.79 Å². The maximum atomic E-state index is 12.6. The molecule has 3 aromatic carbocycles. The van der Waals surface area contributed by atoms with Gasteiger partial charge in [0.2, 0.25) is 0 Å². The van der Waals surface area contributed by atoms with Gasteiger partial charge in [-0.2, -0.15) is 5.26 Å². The Hall–Kier alpha value is -4.81. The third kappa shape index (κ3) is 7.59. The number of nitrogens with zero attached hydrogens (tertiary/aromatic N) is 1. The minimum Gasteiger partial charge on any atom is -0.490 e. The van der Waals surface area contributed by atoms with Crippen molar-refractivity contribution in [3.8, 4) is 17.6 Å². The molecule has 0 bridgehead atoms. The zero-order valence-electron chi connectivity index (χ0n) is 20.6. The van der Waals surface area contributed by atoms with Crippen LogP contribution in [0.3, 0.4) is 0 Å². The number of halogens is 1. The maximum Gasteiger partial charge on any atom is 0.337 e. The zero-order valence-corrected chi connectivity index (χ0v) is 21.4. The lowest BCUT2D eigenvalue weighted by molar-refractivity contribution is -0.118. The summed E-state index contributed by atoms with van der Waals surface area (Å²) in [7, 11) is 1.27. The van der Waals surface area contributed by atoms with E-state index >= 15 is 0 Å². The van der Waals surface area contributed by atoms with E-state index in [1.54, 1.807) is 49.4 Å². The molecule has 0 saturated carbocycles. The third-order valence-corrected chi connectivity index (χ3v) is 5.34. The molecule has 2 N–H and O–H groups in total. The highest BCUT2D eigenvalue weighted by molar-refractivity contribution is 6.33. The van der Waals surface area contributed by atoms with Crippen molar-refractivity contribution in [2.75, 3.05) is 31.0 Å². The molecule has 194 valence electrons. The van der Waals surface area contributed by atoms with E-state index in [9.17, 15) is 19.6 Å². The van der Waals surface area contributed by atoms with E-state index < -0.39 is 17.8 Å². The van der Waals surface area contributed by atoms with E-state index in [4.69, 9.17) is 21.1 Å². The zero-order chi connectivity index (χ0) is 27.5. The quantitative estimate of drug-likeness (QED) is 0.211. The van der Waals surface area contributed by atoms with Crippen molar-refractivity contribution in [3.05, 3.63) is 88.5 Å². The van der Waals surface area contributed by atoms with Crippen LogP contribution in [-0.2, 0) is 14.3 Å². The summed E-state index contributed by atoms with van der Waals surface area (Å²) >= 11 is 6.06. The van der Waals surface area contributed by atoms with Crippen molar-refractivity contribution in [1.29, 1.82) is 5.26 Å². The Labute approximate surface area is 224 Å². The topological polar surface area (TPSA) is 127 Å². The van der Waals surface area contributed by atoms with Crippen LogP contribution < -0.4 is 20.1 Å². The number of esters is 1. The molecule has 2 amide bonds. The third-order valence-electron chi connectivity index (χ3n) is 5.01. The smallest absolute Gasteiger partial charge is 0.337 e. The van der Waals surface area contributed by atoms with E-state index in [1.165, 1.54) is 37.5 Å². The van der Waals surface area contributed by atoms with Crippen LogP contribution in [0.2, 0.25) is 5.02 Å². The summed E-state index contributed by atoms with van der Waals surface area (Å²) in [6, 6.07) is 19.6. The van der Waals surface area contributed by atoms with Crippen molar-refractivity contribution in [1.82, 2.24) is 0 Å². The Bertz CT molecular complexity index is 1400. The van der Waals surface area contributed by atoms with Crippen LogP contribution in [0.15, 0.2) is 72.3 Å². The van der Waals surface area contributed by atoms with Crippen LogP contribution in [0.25, 0.3) is 6.08 Å². The lowest BCUT2D eigenvalue weighted by Gasteiger charge is -2.13. The van der Waals surface area contributed by atoms with Gasteiger partial charge >= 0.3 is 5.97 Å². The fraction of sp³-hybridized carbons (Fsp3) is 0.143. The van der Waals surface area contributed by atoms with Gasteiger partial charge in [-0.3, -0.25) is 9.59 Å². The number of nitrogens with one attached hydrogen (secondary N) is 2. The number of amides is 2. The normalized spacial score (nSPS) is 10.6. The molecule has 0 fully saturated rings. The SMILES string of the molecule is CCOc1cc(/C=C(/C#N)C(=O)Nc2ccc(C(=O)OC)cc2)ccc1OCC(=O)Nc1ccccc1Cl. The van der Waals surface area contributed by atoms with Crippen LogP contribution in [0.5, 0.6) is 11.5 Å². The van der Waals surface area contributed by atoms with Gasteiger partial charge in [-0.15, -0.1) is 0 Å². The first-order valence-corrected chi connectivity index (χ1v) is 11.8. The van der Waals surface area contributed by atoms with Gasteiger partial charge in [0, 0.05) is 5.69 Å². The van der Waals surface area contributed by atoms with Gasteiger partial charge in [0.05, 0.1) is 30.0 Å². The van der Waals surface area contributed by atoms with Gasteiger partial charge in [0.25, 0.3) is 11.8 Å². The summed E-state index contributed by atoms with van der Waals surface area (Å²) in [4.78, 5) is 36.5. The number of methoxy groups -OCH3 is 1. The van der Waals surface area contributed by atoms with Crippen molar-refractivity contribution < 1.29 is 28.6 Å². The van der Waals surface area contributed by atoms with E-state index in [1.807, 2.05) is 6.07 Å². The average molecular weight is 534 g/mol. The molecule has 0 spiro atoms. The number of carbonyl (C=O) groups is 3. The molecule has 3 rings (SSSR count). The predicted molar refractivity (Wildman–Crippen MR) is 143 cm³/mol. The average Bonchev–Trinajstić information content (AvgIpc) is 2.92. The van der Waals surface area contributed by atoms with Crippen LogP contribution >= 0.6 is 11.6 Å². The highest BCUT2D eigenvalue weighted by atomic mass is 35.5. The Kier molecular flexibility index (Phi) is 9.86. The molecule has 0 aliphatic carbocycles. The summed E-state index contributed by atoms with van der Waals surface area (Å²) in [5.41, 5.74) is 1.55. The Morgan fingerprint density at radius 2 is 1.71 bits per heavy atom. The number of hydrogen-bond donors (Lipinski definition) is 2. The molecule has 0 atom stereocenters. The van der Waals surface area contributed by atoms with Crippen LogP contribution in [0, 0.1) is 11.3 Å². The Morgan fingerprint density at radius 3 is 2.37 bits per heavy atom. The first kappa shape index (κ1) is 27.8. The number of benzene rings is 3. The van der Waals surface area contributed by atoms with Gasteiger partial charge in [-0.1, -0.05) is 29.8 Å². The van der Waals surface area contributed by atoms with Gasteiger partial charge in [-0.05, 0) is 67.1 Å². The van der Waals surface area contributed by atoms with Gasteiger partial charge < -0.3 is 24.8 Å². The summed E-state index contributed by atoms with van der Waals surface area (Å²) in [6.07, 6.45) is 1.40. The van der Waals surface area contributed by atoms with E-state index in [-0.39, 0.29) is 12.2 Å². The summed E-state index contributed by atoms with van der Waals surface area (Å²) in [6.45, 7) is 1.82. The number of anilines is 2. The fourth-order valence-corrected chi connectivity index (χ4v) is 3.40.